The smallest absolute Gasteiger partial charge is 0.330 e. The molecule has 1 aromatic rings. The van der Waals surface area contributed by atoms with Gasteiger partial charge < -0.3 is 9.84 Å². The van der Waals surface area contributed by atoms with Gasteiger partial charge in [-0.25, -0.2) is 4.79 Å². The normalized spacial score (nSPS) is 27.6. The molecule has 3 unspecified atom stereocenters. The minimum absolute atomic E-state index is 0.0409. The average molecular weight is 254 g/mol. The number of hydrogen-bond donors (Lipinski definition) is 2. The van der Waals surface area contributed by atoms with E-state index in [1.165, 1.54) is 10.8 Å². The summed E-state index contributed by atoms with van der Waals surface area (Å²) >= 11 is 0. The van der Waals surface area contributed by atoms with Crippen LogP contribution in [0.2, 0.25) is 0 Å². The molecule has 0 aromatic carbocycles. The minimum atomic E-state index is -0.468. The number of nitrogens with zero attached hydrogens (tertiary/aromatic N) is 1. The minimum Gasteiger partial charge on any atom is -0.396 e. The molecule has 1 aliphatic heterocycles. The van der Waals surface area contributed by atoms with E-state index >= 15 is 0 Å². The maximum atomic E-state index is 11.7. The molecule has 2 rings (SSSR count). The van der Waals surface area contributed by atoms with Gasteiger partial charge in [0.2, 0.25) is 0 Å². The summed E-state index contributed by atoms with van der Waals surface area (Å²) in [4.78, 5) is 25.3. The first-order valence-corrected chi connectivity index (χ1v) is 6.15. The van der Waals surface area contributed by atoms with Crippen molar-refractivity contribution in [2.45, 2.75) is 39.0 Å². The third-order valence-corrected chi connectivity index (χ3v) is 3.46. The van der Waals surface area contributed by atoms with Crippen molar-refractivity contribution in [3.63, 3.8) is 0 Å². The maximum Gasteiger partial charge on any atom is 0.330 e. The molecular weight excluding hydrogens is 236 g/mol. The van der Waals surface area contributed by atoms with Crippen molar-refractivity contribution in [3.05, 3.63) is 32.6 Å². The highest BCUT2D eigenvalue weighted by molar-refractivity contribution is 5.01. The summed E-state index contributed by atoms with van der Waals surface area (Å²) in [5.41, 5.74) is -0.372. The van der Waals surface area contributed by atoms with Crippen molar-refractivity contribution in [2.24, 2.45) is 5.92 Å². The van der Waals surface area contributed by atoms with Gasteiger partial charge in [0.05, 0.1) is 6.10 Å². The van der Waals surface area contributed by atoms with Gasteiger partial charge in [0.15, 0.2) is 0 Å². The molecule has 2 N–H and O–H groups in total. The second-order valence-electron chi connectivity index (χ2n) is 4.69. The number of ether oxygens (including phenoxy) is 1. The Balaban J connectivity index is 2.31. The summed E-state index contributed by atoms with van der Waals surface area (Å²) in [6, 6.07) is 0. The summed E-state index contributed by atoms with van der Waals surface area (Å²) in [6.45, 7) is 3.67. The molecule has 0 spiro atoms. The molecule has 0 bridgehead atoms. The Bertz CT molecular complexity index is 522. The van der Waals surface area contributed by atoms with Crippen LogP contribution in [0.4, 0.5) is 0 Å². The van der Waals surface area contributed by atoms with Gasteiger partial charge in [-0.2, -0.15) is 0 Å². The number of hydrogen-bond acceptors (Lipinski definition) is 4. The van der Waals surface area contributed by atoms with E-state index in [1.807, 2.05) is 6.92 Å². The molecule has 1 saturated heterocycles. The lowest BCUT2D eigenvalue weighted by molar-refractivity contribution is -0.0126. The van der Waals surface area contributed by atoms with E-state index < -0.39 is 11.9 Å². The Morgan fingerprint density at radius 3 is 2.83 bits per heavy atom. The number of aromatic nitrogens is 2. The maximum absolute atomic E-state index is 11.7. The highest BCUT2D eigenvalue weighted by atomic mass is 16.5. The van der Waals surface area contributed by atoms with Crippen LogP contribution in [0.1, 0.15) is 31.6 Å². The first-order chi connectivity index (χ1) is 8.56. The van der Waals surface area contributed by atoms with Crippen molar-refractivity contribution in [1.29, 1.82) is 0 Å². The van der Waals surface area contributed by atoms with E-state index in [0.717, 1.165) is 6.42 Å². The van der Waals surface area contributed by atoms with Crippen molar-refractivity contribution in [2.75, 3.05) is 6.61 Å². The lowest BCUT2D eigenvalue weighted by Gasteiger charge is -2.15. The van der Waals surface area contributed by atoms with Crippen molar-refractivity contribution in [3.8, 4) is 0 Å². The molecule has 1 fully saturated rings. The van der Waals surface area contributed by atoms with Crippen LogP contribution in [-0.2, 0) is 4.74 Å². The second kappa shape index (κ2) is 5.07. The summed E-state index contributed by atoms with van der Waals surface area (Å²) in [6.07, 6.45) is 2.44. The molecule has 0 radical (unpaired) electrons. The van der Waals surface area contributed by atoms with Gasteiger partial charge in [-0.3, -0.25) is 14.3 Å². The SMILES string of the molecule is CCC1OC(n2cc(C)c(=O)[nH]c2=O)CC1CO. The topological polar surface area (TPSA) is 84.3 Å². The molecule has 2 heterocycles. The Morgan fingerprint density at radius 2 is 2.28 bits per heavy atom. The summed E-state index contributed by atoms with van der Waals surface area (Å²) < 4.78 is 7.15. The fourth-order valence-corrected chi connectivity index (χ4v) is 2.38. The number of aryl methyl sites for hydroxylation is 1. The molecule has 1 aromatic heterocycles. The van der Waals surface area contributed by atoms with Crippen LogP contribution in [0.5, 0.6) is 0 Å². The zero-order chi connectivity index (χ0) is 13.3. The second-order valence-corrected chi connectivity index (χ2v) is 4.69. The zero-order valence-electron chi connectivity index (χ0n) is 10.5. The van der Waals surface area contributed by atoms with Gasteiger partial charge in [-0.1, -0.05) is 6.92 Å². The monoisotopic (exact) mass is 254 g/mol. The molecule has 6 heteroatoms. The van der Waals surface area contributed by atoms with Crippen molar-refractivity contribution in [1.82, 2.24) is 9.55 Å². The summed E-state index contributed by atoms with van der Waals surface area (Å²) in [5, 5.41) is 9.28. The Labute approximate surface area is 104 Å². The lowest BCUT2D eigenvalue weighted by atomic mass is 10.0. The van der Waals surface area contributed by atoms with Gasteiger partial charge in [0.1, 0.15) is 6.23 Å². The molecule has 18 heavy (non-hydrogen) atoms. The van der Waals surface area contributed by atoms with Crippen molar-refractivity contribution >= 4 is 0 Å². The molecule has 100 valence electrons. The number of aliphatic hydroxyl groups is 1. The number of nitrogens with one attached hydrogen (secondary N) is 1. The number of H-pyrrole nitrogens is 1. The summed E-state index contributed by atoms with van der Waals surface area (Å²) in [5.74, 6) is 0.0409. The van der Waals surface area contributed by atoms with E-state index in [0.29, 0.717) is 12.0 Å². The highest BCUT2D eigenvalue weighted by Gasteiger charge is 2.35. The van der Waals surface area contributed by atoms with Gasteiger partial charge in [-0.05, 0) is 13.3 Å². The first-order valence-electron chi connectivity index (χ1n) is 6.15. The molecule has 0 saturated carbocycles. The van der Waals surface area contributed by atoms with E-state index in [9.17, 15) is 14.7 Å². The lowest BCUT2D eigenvalue weighted by Crippen LogP contribution is -2.33. The van der Waals surface area contributed by atoms with Crippen molar-refractivity contribution < 1.29 is 9.84 Å². The molecule has 3 atom stereocenters. The predicted molar refractivity (Wildman–Crippen MR) is 65.5 cm³/mol. The molecule has 6 nitrogen and oxygen atoms in total. The molecule has 0 aliphatic carbocycles. The van der Waals surface area contributed by atoms with Crippen LogP contribution in [0.25, 0.3) is 0 Å². The Kier molecular flexibility index (Phi) is 3.68. The average Bonchev–Trinajstić information content (AvgIpc) is 2.76. The van der Waals surface area contributed by atoms with Gasteiger partial charge in [0, 0.05) is 30.7 Å². The third kappa shape index (κ3) is 2.26. The largest absolute Gasteiger partial charge is 0.396 e. The summed E-state index contributed by atoms with van der Waals surface area (Å²) in [7, 11) is 0. The fraction of sp³-hybridized carbons (Fsp3) is 0.667. The van der Waals surface area contributed by atoms with Gasteiger partial charge >= 0.3 is 5.69 Å². The third-order valence-electron chi connectivity index (χ3n) is 3.46. The van der Waals surface area contributed by atoms with Crippen LogP contribution >= 0.6 is 0 Å². The van der Waals surface area contributed by atoms with E-state index in [1.54, 1.807) is 6.92 Å². The van der Waals surface area contributed by atoms with E-state index in [-0.39, 0.29) is 24.2 Å². The van der Waals surface area contributed by atoms with Gasteiger partial charge in [0.25, 0.3) is 5.56 Å². The predicted octanol–water partition coefficient (Wildman–Crippen LogP) is 0.151. The fourth-order valence-electron chi connectivity index (χ4n) is 2.38. The van der Waals surface area contributed by atoms with Crippen LogP contribution in [0.3, 0.4) is 0 Å². The van der Waals surface area contributed by atoms with E-state index in [2.05, 4.69) is 4.98 Å². The Morgan fingerprint density at radius 1 is 1.56 bits per heavy atom. The zero-order valence-corrected chi connectivity index (χ0v) is 10.5. The van der Waals surface area contributed by atoms with Crippen LogP contribution in [0.15, 0.2) is 15.8 Å². The molecule has 0 amide bonds. The first kappa shape index (κ1) is 13.0. The molecule has 1 aliphatic rings. The number of aromatic amines is 1. The van der Waals surface area contributed by atoms with Gasteiger partial charge in [-0.15, -0.1) is 0 Å². The standard InChI is InChI=1S/C12H18N2O4/c1-3-9-8(6-15)4-10(18-9)14-5-7(2)11(16)13-12(14)17/h5,8-10,15H,3-4,6H2,1-2H3,(H,13,16,17). The van der Waals surface area contributed by atoms with E-state index in [4.69, 9.17) is 4.74 Å². The van der Waals surface area contributed by atoms with Crippen LogP contribution in [-0.4, -0.2) is 27.4 Å². The molecular formula is C12H18N2O4. The quantitative estimate of drug-likeness (QED) is 0.804. The highest BCUT2D eigenvalue weighted by Crippen LogP contribution is 2.33. The number of rotatable bonds is 3. The Hall–Kier alpha value is -1.40. The van der Waals surface area contributed by atoms with Crippen LogP contribution < -0.4 is 11.2 Å². The van der Waals surface area contributed by atoms with Crippen LogP contribution in [0, 0.1) is 12.8 Å². The number of aliphatic hydroxyl groups excluding tert-OH is 1.